The van der Waals surface area contributed by atoms with Crippen LogP contribution < -0.4 is 5.32 Å². The van der Waals surface area contributed by atoms with Gasteiger partial charge in [-0.2, -0.15) is 0 Å². The minimum atomic E-state index is 0.401. The van der Waals surface area contributed by atoms with Gasteiger partial charge in [-0.1, -0.05) is 17.7 Å². The van der Waals surface area contributed by atoms with E-state index in [4.69, 9.17) is 4.98 Å². The number of rotatable bonds is 2. The van der Waals surface area contributed by atoms with Crippen LogP contribution in [0.2, 0.25) is 0 Å². The van der Waals surface area contributed by atoms with E-state index < -0.39 is 0 Å². The van der Waals surface area contributed by atoms with Crippen molar-refractivity contribution < 1.29 is 0 Å². The molecule has 0 radical (unpaired) electrons. The molecule has 3 nitrogen and oxygen atoms in total. The second-order valence-corrected chi connectivity index (χ2v) is 5.56. The molecule has 3 heteroatoms. The summed E-state index contributed by atoms with van der Waals surface area (Å²) in [6, 6.07) is 6.95. The van der Waals surface area contributed by atoms with Crippen molar-refractivity contribution in [2.45, 2.75) is 39.7 Å². The van der Waals surface area contributed by atoms with Crippen LogP contribution in [0.5, 0.6) is 0 Å². The Balaban J connectivity index is 2.02. The lowest BCUT2D eigenvalue weighted by molar-refractivity contribution is 0.612. The van der Waals surface area contributed by atoms with Gasteiger partial charge in [-0.05, 0) is 51.8 Å². The summed E-state index contributed by atoms with van der Waals surface area (Å²) >= 11 is 0. The highest BCUT2D eigenvalue weighted by Gasteiger charge is 2.21. The van der Waals surface area contributed by atoms with Gasteiger partial charge in [0.2, 0.25) is 0 Å². The maximum atomic E-state index is 4.85. The van der Waals surface area contributed by atoms with Crippen LogP contribution in [0.1, 0.15) is 41.5 Å². The van der Waals surface area contributed by atoms with Crippen LogP contribution in [-0.4, -0.2) is 16.5 Å². The highest BCUT2D eigenvalue weighted by atomic mass is 15.0. The number of nitrogens with one attached hydrogen (secondary N) is 2. The average molecular weight is 255 g/mol. The van der Waals surface area contributed by atoms with E-state index in [-0.39, 0.29) is 0 Å². The summed E-state index contributed by atoms with van der Waals surface area (Å²) in [5.74, 6) is 1.09. The molecule has 19 heavy (non-hydrogen) atoms. The Morgan fingerprint density at radius 2 is 2.05 bits per heavy atom. The molecule has 0 amide bonds. The molecule has 1 aliphatic heterocycles. The first-order chi connectivity index (χ1) is 9.15. The van der Waals surface area contributed by atoms with Crippen molar-refractivity contribution in [3.8, 4) is 11.3 Å². The van der Waals surface area contributed by atoms with E-state index in [0.29, 0.717) is 6.04 Å². The molecule has 0 saturated carbocycles. The van der Waals surface area contributed by atoms with Crippen molar-refractivity contribution in [2.75, 3.05) is 6.54 Å². The number of benzene rings is 1. The predicted octanol–water partition coefficient (Wildman–Crippen LogP) is 3.43. The standard InChI is InChI=1S/C16H21N3/c1-10-6-7-11(2)13(9-10)15-12(3)18-16(19-15)14-5-4-8-17-14/h6-7,9,14,17H,4-5,8H2,1-3H3,(H,18,19). The fraction of sp³-hybridized carbons (Fsp3) is 0.438. The van der Waals surface area contributed by atoms with Crippen LogP contribution in [0.3, 0.4) is 0 Å². The Hall–Kier alpha value is -1.61. The highest BCUT2D eigenvalue weighted by molar-refractivity contribution is 5.66. The van der Waals surface area contributed by atoms with E-state index in [2.05, 4.69) is 49.3 Å². The summed E-state index contributed by atoms with van der Waals surface area (Å²) in [6.45, 7) is 7.49. The molecule has 1 saturated heterocycles. The van der Waals surface area contributed by atoms with Crippen LogP contribution in [0, 0.1) is 20.8 Å². The number of H-pyrrole nitrogens is 1. The van der Waals surface area contributed by atoms with Gasteiger partial charge in [0.1, 0.15) is 5.82 Å². The fourth-order valence-electron chi connectivity index (χ4n) is 2.82. The molecule has 2 N–H and O–H groups in total. The first-order valence-corrected chi connectivity index (χ1v) is 7.02. The van der Waals surface area contributed by atoms with E-state index in [1.807, 2.05) is 0 Å². The van der Waals surface area contributed by atoms with Gasteiger partial charge in [0.25, 0.3) is 0 Å². The van der Waals surface area contributed by atoms with Crippen molar-refractivity contribution in [3.05, 3.63) is 40.8 Å². The maximum Gasteiger partial charge on any atom is 0.124 e. The van der Waals surface area contributed by atoms with Crippen LogP contribution in [-0.2, 0) is 0 Å². The lowest BCUT2D eigenvalue weighted by atomic mass is 10.0. The summed E-state index contributed by atoms with van der Waals surface area (Å²) in [4.78, 5) is 8.30. The van der Waals surface area contributed by atoms with Gasteiger partial charge in [0.15, 0.2) is 0 Å². The van der Waals surface area contributed by atoms with Gasteiger partial charge in [0.05, 0.1) is 11.7 Å². The summed E-state index contributed by atoms with van der Waals surface area (Å²) in [6.07, 6.45) is 2.42. The minimum Gasteiger partial charge on any atom is -0.344 e. The molecule has 1 aromatic heterocycles. The number of aromatic amines is 1. The van der Waals surface area contributed by atoms with Crippen molar-refractivity contribution in [1.82, 2.24) is 15.3 Å². The zero-order chi connectivity index (χ0) is 13.4. The topological polar surface area (TPSA) is 40.7 Å². The van der Waals surface area contributed by atoms with Crippen LogP contribution in [0.15, 0.2) is 18.2 Å². The molecule has 1 atom stereocenters. The zero-order valence-electron chi connectivity index (χ0n) is 11.9. The number of aromatic nitrogens is 2. The SMILES string of the molecule is Cc1ccc(C)c(-c2nc(C3CCCN3)[nH]c2C)c1. The van der Waals surface area contributed by atoms with Crippen molar-refractivity contribution in [1.29, 1.82) is 0 Å². The third-order valence-corrected chi connectivity index (χ3v) is 3.94. The third-order valence-electron chi connectivity index (χ3n) is 3.94. The lowest BCUT2D eigenvalue weighted by Crippen LogP contribution is -2.14. The summed E-state index contributed by atoms with van der Waals surface area (Å²) in [5, 5.41) is 3.50. The van der Waals surface area contributed by atoms with Crippen molar-refractivity contribution in [3.63, 3.8) is 0 Å². The normalized spacial score (nSPS) is 19.0. The number of hydrogen-bond donors (Lipinski definition) is 2. The molecule has 1 aromatic carbocycles. The zero-order valence-corrected chi connectivity index (χ0v) is 11.9. The van der Waals surface area contributed by atoms with Gasteiger partial charge in [-0.3, -0.25) is 0 Å². The first kappa shape index (κ1) is 12.4. The predicted molar refractivity (Wildman–Crippen MR) is 78.2 cm³/mol. The van der Waals surface area contributed by atoms with E-state index in [9.17, 15) is 0 Å². The van der Waals surface area contributed by atoms with Gasteiger partial charge in [0, 0.05) is 11.3 Å². The Kier molecular flexibility index (Phi) is 3.15. The largest absolute Gasteiger partial charge is 0.344 e. The molecule has 0 aliphatic carbocycles. The summed E-state index contributed by atoms with van der Waals surface area (Å²) in [5.41, 5.74) is 6.08. The molecule has 0 spiro atoms. The summed E-state index contributed by atoms with van der Waals surface area (Å²) < 4.78 is 0. The molecule has 3 rings (SSSR count). The van der Waals surface area contributed by atoms with Gasteiger partial charge in [-0.25, -0.2) is 4.98 Å². The number of hydrogen-bond acceptors (Lipinski definition) is 2. The molecule has 0 bridgehead atoms. The third kappa shape index (κ3) is 2.30. The summed E-state index contributed by atoms with van der Waals surface area (Å²) in [7, 11) is 0. The first-order valence-electron chi connectivity index (χ1n) is 7.02. The molecule has 1 fully saturated rings. The van der Waals surface area contributed by atoms with Gasteiger partial charge < -0.3 is 10.3 Å². The molecule has 2 aromatic rings. The smallest absolute Gasteiger partial charge is 0.124 e. The van der Waals surface area contributed by atoms with E-state index in [1.165, 1.54) is 29.5 Å². The Morgan fingerprint density at radius 1 is 1.21 bits per heavy atom. The fourth-order valence-corrected chi connectivity index (χ4v) is 2.82. The van der Waals surface area contributed by atoms with Crippen LogP contribution >= 0.6 is 0 Å². The average Bonchev–Trinajstić information content (AvgIpc) is 3.01. The second-order valence-electron chi connectivity index (χ2n) is 5.56. The van der Waals surface area contributed by atoms with Crippen molar-refractivity contribution >= 4 is 0 Å². The maximum absolute atomic E-state index is 4.85. The number of aryl methyl sites for hydroxylation is 3. The molecule has 100 valence electrons. The van der Waals surface area contributed by atoms with Gasteiger partial charge in [-0.15, -0.1) is 0 Å². The number of nitrogens with zero attached hydrogens (tertiary/aromatic N) is 1. The monoisotopic (exact) mass is 255 g/mol. The number of imidazole rings is 1. The van der Waals surface area contributed by atoms with E-state index in [1.54, 1.807) is 0 Å². The van der Waals surface area contributed by atoms with E-state index in [0.717, 1.165) is 23.8 Å². The lowest BCUT2D eigenvalue weighted by Gasteiger charge is -2.06. The molecule has 1 unspecified atom stereocenters. The van der Waals surface area contributed by atoms with E-state index >= 15 is 0 Å². The van der Waals surface area contributed by atoms with Gasteiger partial charge >= 0.3 is 0 Å². The molecular weight excluding hydrogens is 234 g/mol. The molecule has 1 aliphatic rings. The van der Waals surface area contributed by atoms with Crippen LogP contribution in [0.4, 0.5) is 0 Å². The quantitative estimate of drug-likeness (QED) is 0.863. The molecular formula is C16H21N3. The minimum absolute atomic E-state index is 0.401. The Morgan fingerprint density at radius 3 is 2.79 bits per heavy atom. The van der Waals surface area contributed by atoms with Crippen molar-refractivity contribution in [2.24, 2.45) is 0 Å². The van der Waals surface area contributed by atoms with Crippen LogP contribution in [0.25, 0.3) is 11.3 Å². The second kappa shape index (κ2) is 4.82. The molecule has 2 heterocycles. The Bertz CT molecular complexity index is 592. The highest BCUT2D eigenvalue weighted by Crippen LogP contribution is 2.29. The Labute approximate surface area is 114 Å².